The highest BCUT2D eigenvalue weighted by Gasteiger charge is 2.41. The fraction of sp³-hybridized carbons (Fsp3) is 0.100. The lowest BCUT2D eigenvalue weighted by molar-refractivity contribution is 0.124. The molecule has 3 aromatic heterocycles. The van der Waals surface area contributed by atoms with Crippen LogP contribution >= 0.6 is 0 Å². The molecule has 7 heteroatoms. The normalized spacial score (nSPS) is 13.9. The summed E-state index contributed by atoms with van der Waals surface area (Å²) < 4.78 is 0. The van der Waals surface area contributed by atoms with Crippen LogP contribution in [0.2, 0.25) is 0 Å². The van der Waals surface area contributed by atoms with Crippen LogP contribution < -0.4 is 0 Å². The second-order valence-electron chi connectivity index (χ2n) is 8.81. The molecule has 3 unspecified atom stereocenters. The van der Waals surface area contributed by atoms with E-state index in [1.807, 2.05) is 36.8 Å². The Morgan fingerprint density at radius 3 is 0.973 bits per heavy atom. The van der Waals surface area contributed by atoms with Gasteiger partial charge in [0.05, 0.1) is 18.1 Å². The van der Waals surface area contributed by atoms with Gasteiger partial charge in [-0.1, -0.05) is 91.0 Å². The van der Waals surface area contributed by atoms with Crippen molar-refractivity contribution in [1.82, 2.24) is 34.8 Å². The van der Waals surface area contributed by atoms with Crippen LogP contribution in [0.4, 0.5) is 0 Å². The van der Waals surface area contributed by atoms with E-state index in [-0.39, 0.29) is 18.1 Å². The molecule has 0 saturated carbocycles. The molecule has 6 aromatic rings. The van der Waals surface area contributed by atoms with Crippen molar-refractivity contribution in [3.8, 4) is 0 Å². The van der Waals surface area contributed by atoms with E-state index in [2.05, 4.69) is 92.6 Å². The molecule has 0 bridgehead atoms. The summed E-state index contributed by atoms with van der Waals surface area (Å²) in [5, 5.41) is 0. The summed E-state index contributed by atoms with van der Waals surface area (Å²) in [6.07, 6.45) is 11.0. The minimum atomic E-state index is -0.248. The number of hydrogen-bond acceptors (Lipinski definition) is 4. The van der Waals surface area contributed by atoms with Crippen molar-refractivity contribution in [2.75, 3.05) is 0 Å². The molecule has 0 aliphatic heterocycles. The van der Waals surface area contributed by atoms with Gasteiger partial charge in [-0.3, -0.25) is 4.90 Å². The largest absolute Gasteiger partial charge is 0.347 e. The van der Waals surface area contributed by atoms with Crippen LogP contribution in [0, 0.1) is 0 Å². The number of nitrogens with zero attached hydrogens (tertiary/aromatic N) is 4. The predicted octanol–water partition coefficient (Wildman–Crippen LogP) is 5.83. The lowest BCUT2D eigenvalue weighted by Gasteiger charge is -2.42. The van der Waals surface area contributed by atoms with Crippen LogP contribution in [-0.2, 0) is 0 Å². The smallest absolute Gasteiger partial charge is 0.128 e. The van der Waals surface area contributed by atoms with Crippen LogP contribution in [0.5, 0.6) is 0 Å². The van der Waals surface area contributed by atoms with Crippen molar-refractivity contribution in [2.24, 2.45) is 0 Å². The van der Waals surface area contributed by atoms with Crippen LogP contribution in [0.3, 0.4) is 0 Å². The zero-order valence-corrected chi connectivity index (χ0v) is 20.1. The van der Waals surface area contributed by atoms with E-state index in [4.69, 9.17) is 15.0 Å². The number of imidazole rings is 3. The van der Waals surface area contributed by atoms with Gasteiger partial charge in [-0.15, -0.1) is 0 Å². The number of aromatic amines is 3. The maximum Gasteiger partial charge on any atom is 0.128 e. The Morgan fingerprint density at radius 1 is 0.432 bits per heavy atom. The predicted molar refractivity (Wildman–Crippen MR) is 142 cm³/mol. The maximum atomic E-state index is 4.77. The average molecular weight is 486 g/mol. The van der Waals surface area contributed by atoms with Gasteiger partial charge < -0.3 is 15.0 Å². The van der Waals surface area contributed by atoms with Gasteiger partial charge in [0.15, 0.2) is 0 Å². The number of hydrogen-bond donors (Lipinski definition) is 3. The van der Waals surface area contributed by atoms with E-state index in [0.717, 1.165) is 34.2 Å². The first-order chi connectivity index (χ1) is 18.4. The molecular weight excluding hydrogens is 458 g/mol. The Labute approximate surface area is 215 Å². The average Bonchev–Trinajstić information content (AvgIpc) is 3.76. The van der Waals surface area contributed by atoms with Gasteiger partial charge in [-0.05, 0) is 16.7 Å². The molecular formula is C30H27N7. The van der Waals surface area contributed by atoms with Gasteiger partial charge >= 0.3 is 0 Å². The lowest BCUT2D eigenvalue weighted by Crippen LogP contribution is -2.39. The molecule has 0 fully saturated rings. The third-order valence-corrected chi connectivity index (χ3v) is 6.58. The number of benzene rings is 3. The summed E-state index contributed by atoms with van der Waals surface area (Å²) in [4.78, 5) is 27.0. The summed E-state index contributed by atoms with van der Waals surface area (Å²) in [6, 6.07) is 30.7. The Kier molecular flexibility index (Phi) is 6.43. The fourth-order valence-corrected chi connectivity index (χ4v) is 5.05. The summed E-state index contributed by atoms with van der Waals surface area (Å²) >= 11 is 0. The molecule has 37 heavy (non-hydrogen) atoms. The zero-order chi connectivity index (χ0) is 24.9. The highest BCUT2D eigenvalue weighted by atomic mass is 15.3. The Hall–Kier alpha value is -4.75. The van der Waals surface area contributed by atoms with Gasteiger partial charge in [0.1, 0.15) is 17.5 Å². The van der Waals surface area contributed by atoms with Gasteiger partial charge in [-0.2, -0.15) is 0 Å². The van der Waals surface area contributed by atoms with E-state index in [9.17, 15) is 0 Å². The number of nitrogens with one attached hydrogen (secondary N) is 3. The standard InChI is InChI=1S/C30H27N7/c1-4-10-22(11-5-1)25(28-31-16-17-32-28)37(26(29-33-18-19-34-29)23-12-6-2-7-13-23)27(30-35-20-21-36-30)24-14-8-3-9-15-24/h1-21,25-27H,(H,31,32)(H,33,34)(H,35,36). The minimum Gasteiger partial charge on any atom is -0.347 e. The molecule has 0 spiro atoms. The van der Waals surface area contributed by atoms with E-state index in [1.54, 1.807) is 18.6 Å². The summed E-state index contributed by atoms with van der Waals surface area (Å²) in [5.74, 6) is 2.52. The summed E-state index contributed by atoms with van der Waals surface area (Å²) in [6.45, 7) is 0. The third kappa shape index (κ3) is 4.60. The number of H-pyrrole nitrogens is 3. The number of aromatic nitrogens is 6. The van der Waals surface area contributed by atoms with E-state index >= 15 is 0 Å². The molecule has 3 atom stereocenters. The first kappa shape index (κ1) is 22.7. The van der Waals surface area contributed by atoms with Gasteiger partial charge in [0.25, 0.3) is 0 Å². The monoisotopic (exact) mass is 485 g/mol. The van der Waals surface area contributed by atoms with Gasteiger partial charge in [0.2, 0.25) is 0 Å². The Balaban J connectivity index is 1.66. The molecule has 3 aromatic carbocycles. The first-order valence-corrected chi connectivity index (χ1v) is 12.3. The molecule has 0 saturated heterocycles. The molecule has 3 heterocycles. The molecule has 6 rings (SSSR count). The summed E-state index contributed by atoms with van der Waals surface area (Å²) in [7, 11) is 0. The quantitative estimate of drug-likeness (QED) is 0.240. The van der Waals surface area contributed by atoms with Crippen LogP contribution in [0.1, 0.15) is 52.3 Å². The van der Waals surface area contributed by atoms with E-state index in [0.29, 0.717) is 0 Å². The van der Waals surface area contributed by atoms with E-state index in [1.165, 1.54) is 0 Å². The summed E-state index contributed by atoms with van der Waals surface area (Å²) in [5.41, 5.74) is 3.33. The van der Waals surface area contributed by atoms with Gasteiger partial charge in [0, 0.05) is 37.2 Å². The van der Waals surface area contributed by atoms with Crippen molar-refractivity contribution < 1.29 is 0 Å². The van der Waals surface area contributed by atoms with Crippen LogP contribution in [-0.4, -0.2) is 34.8 Å². The topological polar surface area (TPSA) is 89.3 Å². The highest BCUT2D eigenvalue weighted by molar-refractivity contribution is 5.35. The zero-order valence-electron chi connectivity index (χ0n) is 20.1. The highest BCUT2D eigenvalue weighted by Crippen LogP contribution is 2.45. The molecule has 7 nitrogen and oxygen atoms in total. The molecule has 3 N–H and O–H groups in total. The van der Waals surface area contributed by atoms with Crippen molar-refractivity contribution in [3.05, 3.63) is 162 Å². The first-order valence-electron chi connectivity index (χ1n) is 12.3. The molecule has 182 valence electrons. The van der Waals surface area contributed by atoms with E-state index < -0.39 is 0 Å². The van der Waals surface area contributed by atoms with Crippen molar-refractivity contribution >= 4 is 0 Å². The van der Waals surface area contributed by atoms with Crippen molar-refractivity contribution in [1.29, 1.82) is 0 Å². The lowest BCUT2D eigenvalue weighted by atomic mass is 9.92. The van der Waals surface area contributed by atoms with Crippen molar-refractivity contribution in [3.63, 3.8) is 0 Å². The Bertz CT molecular complexity index is 1280. The minimum absolute atomic E-state index is 0.248. The van der Waals surface area contributed by atoms with Crippen molar-refractivity contribution in [2.45, 2.75) is 18.1 Å². The second kappa shape index (κ2) is 10.5. The fourth-order valence-electron chi connectivity index (χ4n) is 5.05. The van der Waals surface area contributed by atoms with Crippen LogP contribution in [0.15, 0.2) is 128 Å². The van der Waals surface area contributed by atoms with Gasteiger partial charge in [-0.25, -0.2) is 15.0 Å². The second-order valence-corrected chi connectivity index (χ2v) is 8.81. The third-order valence-electron chi connectivity index (χ3n) is 6.58. The van der Waals surface area contributed by atoms with Crippen LogP contribution in [0.25, 0.3) is 0 Å². The Morgan fingerprint density at radius 2 is 0.730 bits per heavy atom. The molecule has 0 amide bonds. The molecule has 0 aliphatic rings. The maximum absolute atomic E-state index is 4.77. The SMILES string of the molecule is c1ccc(C(c2ncc[nH]2)N(C(c2ccccc2)c2ncc[nH]2)C(c2ccccc2)c2ncc[nH]2)cc1. The molecule has 0 aliphatic carbocycles. The molecule has 0 radical (unpaired) electrons. The number of rotatable bonds is 9.